The second-order valence-electron chi connectivity index (χ2n) is 7.97. The fraction of sp³-hybridized carbons (Fsp3) is 0.458. The van der Waals surface area contributed by atoms with Gasteiger partial charge in [-0.05, 0) is 85.2 Å². The number of alkyl halides is 1. The Balaban J connectivity index is 1.86. The molecule has 0 N–H and O–H groups in total. The first-order valence-corrected chi connectivity index (χ1v) is 10.2. The summed E-state index contributed by atoms with van der Waals surface area (Å²) in [5, 5.41) is 0. The summed E-state index contributed by atoms with van der Waals surface area (Å²) in [4.78, 5) is 13.8. The lowest BCUT2D eigenvalue weighted by Crippen LogP contribution is -2.47. The number of ether oxygens (including phenoxy) is 1. The van der Waals surface area contributed by atoms with Gasteiger partial charge in [0.25, 0.3) is 0 Å². The van der Waals surface area contributed by atoms with E-state index < -0.39 is 6.17 Å². The van der Waals surface area contributed by atoms with Crippen LogP contribution in [0, 0.1) is 26.6 Å². The maximum Gasteiger partial charge on any atom is 0.306 e. The van der Waals surface area contributed by atoms with E-state index in [1.807, 2.05) is 12.1 Å². The minimum absolute atomic E-state index is 0.163. The molecule has 0 unspecified atom stereocenters. The lowest BCUT2D eigenvalue weighted by atomic mass is 9.90. The maximum atomic E-state index is 14.6. The monoisotopic (exact) mass is 401 g/mol. The third-order valence-electron chi connectivity index (χ3n) is 5.43. The van der Waals surface area contributed by atoms with Gasteiger partial charge in [-0.1, -0.05) is 12.1 Å². The molecule has 0 radical (unpaired) electrons. The number of likely N-dealkylation sites (tertiary alicyclic amines) is 1. The van der Waals surface area contributed by atoms with Crippen LogP contribution in [-0.2, 0) is 22.5 Å². The van der Waals surface area contributed by atoms with Gasteiger partial charge in [0.2, 0.25) is 0 Å². The molecule has 3 nitrogen and oxygen atoms in total. The molecule has 0 aromatic heterocycles. The Kier molecular flexibility index (Phi) is 6.68. The zero-order chi connectivity index (χ0) is 21.1. The van der Waals surface area contributed by atoms with Crippen molar-refractivity contribution in [1.29, 1.82) is 0 Å². The number of halogens is 2. The third-order valence-corrected chi connectivity index (χ3v) is 5.43. The molecule has 1 aliphatic rings. The minimum atomic E-state index is -0.702. The molecule has 0 aliphatic carbocycles. The standard InChI is InChI=1S/C24H29F2NO2/c1-5-29-22(28)7-6-19-11-20(10-17(4)24(19)26)23-15(2)8-18(9-16(23)3)12-27-13-21(25)14-27/h8-11,21H,5-7,12-14H2,1-4H3. The van der Waals surface area contributed by atoms with Gasteiger partial charge in [0, 0.05) is 26.1 Å². The number of carbonyl (C=O) groups excluding carboxylic acids is 1. The van der Waals surface area contributed by atoms with Crippen molar-refractivity contribution >= 4 is 5.97 Å². The van der Waals surface area contributed by atoms with E-state index in [0.29, 0.717) is 37.2 Å². The molecule has 2 aromatic rings. The number of esters is 1. The summed E-state index contributed by atoms with van der Waals surface area (Å²) < 4.78 is 32.7. The SMILES string of the molecule is CCOC(=O)CCc1cc(-c2c(C)cc(CN3CC(F)C3)cc2C)cc(C)c1F. The summed E-state index contributed by atoms with van der Waals surface area (Å²) >= 11 is 0. The van der Waals surface area contributed by atoms with Crippen LogP contribution in [0.3, 0.4) is 0 Å². The molecule has 3 rings (SSSR count). The molecule has 1 fully saturated rings. The van der Waals surface area contributed by atoms with Gasteiger partial charge in [-0.25, -0.2) is 8.78 Å². The molecular formula is C24H29F2NO2. The first-order valence-electron chi connectivity index (χ1n) is 10.2. The molecule has 5 heteroatoms. The number of hydrogen-bond donors (Lipinski definition) is 0. The Morgan fingerprint density at radius 3 is 2.34 bits per heavy atom. The summed E-state index contributed by atoms with van der Waals surface area (Å²) in [6, 6.07) is 7.97. The summed E-state index contributed by atoms with van der Waals surface area (Å²) in [5.41, 5.74) is 6.53. The van der Waals surface area contributed by atoms with Crippen molar-refractivity contribution in [3.05, 3.63) is 57.9 Å². The van der Waals surface area contributed by atoms with Crippen molar-refractivity contribution in [3.8, 4) is 11.1 Å². The smallest absolute Gasteiger partial charge is 0.306 e. The number of nitrogens with zero attached hydrogens (tertiary/aromatic N) is 1. The van der Waals surface area contributed by atoms with Crippen LogP contribution in [-0.4, -0.2) is 36.7 Å². The van der Waals surface area contributed by atoms with E-state index in [9.17, 15) is 13.6 Å². The van der Waals surface area contributed by atoms with Crippen molar-refractivity contribution in [2.45, 2.75) is 53.3 Å². The van der Waals surface area contributed by atoms with Gasteiger partial charge in [0.1, 0.15) is 12.0 Å². The summed E-state index contributed by atoms with van der Waals surface area (Å²) in [6.45, 7) is 9.69. The van der Waals surface area contributed by atoms with Crippen molar-refractivity contribution in [2.24, 2.45) is 0 Å². The second-order valence-corrected chi connectivity index (χ2v) is 7.97. The van der Waals surface area contributed by atoms with Gasteiger partial charge >= 0.3 is 5.97 Å². The average Bonchev–Trinajstić information content (AvgIpc) is 2.61. The summed E-state index contributed by atoms with van der Waals surface area (Å²) in [6.07, 6.45) is -0.225. The van der Waals surface area contributed by atoms with E-state index in [0.717, 1.165) is 34.4 Å². The number of rotatable bonds is 7. The van der Waals surface area contributed by atoms with Crippen LogP contribution in [0.25, 0.3) is 11.1 Å². The highest BCUT2D eigenvalue weighted by molar-refractivity contribution is 5.73. The van der Waals surface area contributed by atoms with E-state index in [1.54, 1.807) is 13.8 Å². The highest BCUT2D eigenvalue weighted by Gasteiger charge is 2.26. The van der Waals surface area contributed by atoms with Gasteiger partial charge in [-0.2, -0.15) is 0 Å². The fourth-order valence-corrected chi connectivity index (χ4v) is 4.13. The Bertz CT molecular complexity index is 881. The zero-order valence-corrected chi connectivity index (χ0v) is 17.6. The highest BCUT2D eigenvalue weighted by atomic mass is 19.1. The van der Waals surface area contributed by atoms with Crippen molar-refractivity contribution in [2.75, 3.05) is 19.7 Å². The van der Waals surface area contributed by atoms with Crippen LogP contribution in [0.15, 0.2) is 24.3 Å². The number of hydrogen-bond acceptors (Lipinski definition) is 3. The highest BCUT2D eigenvalue weighted by Crippen LogP contribution is 2.32. The Hall–Kier alpha value is -2.27. The van der Waals surface area contributed by atoms with Crippen molar-refractivity contribution in [3.63, 3.8) is 0 Å². The quantitative estimate of drug-likeness (QED) is 0.607. The van der Waals surface area contributed by atoms with E-state index in [1.165, 1.54) is 0 Å². The molecule has 29 heavy (non-hydrogen) atoms. The molecule has 1 heterocycles. The predicted octanol–water partition coefficient (Wildman–Crippen LogP) is 5.07. The van der Waals surface area contributed by atoms with Crippen LogP contribution in [0.5, 0.6) is 0 Å². The van der Waals surface area contributed by atoms with E-state index in [4.69, 9.17) is 4.74 Å². The topological polar surface area (TPSA) is 29.5 Å². The molecule has 1 aliphatic heterocycles. The van der Waals surface area contributed by atoms with Gasteiger partial charge in [0.15, 0.2) is 0 Å². The molecule has 0 spiro atoms. The van der Waals surface area contributed by atoms with Crippen molar-refractivity contribution < 1.29 is 18.3 Å². The lowest BCUT2D eigenvalue weighted by Gasteiger charge is -2.34. The minimum Gasteiger partial charge on any atom is -0.466 e. The number of benzene rings is 2. The van der Waals surface area contributed by atoms with Crippen LogP contribution in [0.4, 0.5) is 8.78 Å². The number of aryl methyl sites for hydroxylation is 4. The summed E-state index contributed by atoms with van der Waals surface area (Å²) in [5.74, 6) is -0.572. The Labute approximate surface area is 171 Å². The maximum absolute atomic E-state index is 14.6. The van der Waals surface area contributed by atoms with Gasteiger partial charge < -0.3 is 4.74 Å². The first kappa shape index (κ1) is 21.4. The molecule has 0 atom stereocenters. The second kappa shape index (κ2) is 9.04. The average molecular weight is 401 g/mol. The van der Waals surface area contributed by atoms with E-state index in [-0.39, 0.29) is 18.2 Å². The van der Waals surface area contributed by atoms with E-state index >= 15 is 0 Å². The molecule has 156 valence electrons. The van der Waals surface area contributed by atoms with Crippen LogP contribution < -0.4 is 0 Å². The van der Waals surface area contributed by atoms with E-state index in [2.05, 4.69) is 30.9 Å². The van der Waals surface area contributed by atoms with Crippen LogP contribution >= 0.6 is 0 Å². The van der Waals surface area contributed by atoms with Crippen molar-refractivity contribution in [1.82, 2.24) is 4.90 Å². The largest absolute Gasteiger partial charge is 0.466 e. The van der Waals surface area contributed by atoms with Gasteiger partial charge in [-0.3, -0.25) is 9.69 Å². The Morgan fingerprint density at radius 2 is 1.76 bits per heavy atom. The van der Waals surface area contributed by atoms with Crippen LogP contribution in [0.1, 0.15) is 41.2 Å². The predicted molar refractivity (Wildman–Crippen MR) is 111 cm³/mol. The molecule has 2 aromatic carbocycles. The normalized spacial score (nSPS) is 14.7. The molecule has 0 saturated carbocycles. The first-order chi connectivity index (χ1) is 13.8. The molecule has 1 saturated heterocycles. The van der Waals surface area contributed by atoms with Gasteiger partial charge in [-0.15, -0.1) is 0 Å². The molecule has 0 bridgehead atoms. The molecule has 0 amide bonds. The lowest BCUT2D eigenvalue weighted by molar-refractivity contribution is -0.143. The number of carbonyl (C=O) groups is 1. The Morgan fingerprint density at radius 1 is 1.10 bits per heavy atom. The molecular weight excluding hydrogens is 372 g/mol. The third kappa shape index (κ3) is 5.02. The van der Waals surface area contributed by atoms with Crippen LogP contribution in [0.2, 0.25) is 0 Å². The fourth-order valence-electron chi connectivity index (χ4n) is 4.13. The van der Waals surface area contributed by atoms with Gasteiger partial charge in [0.05, 0.1) is 6.61 Å². The zero-order valence-electron chi connectivity index (χ0n) is 17.6. The summed E-state index contributed by atoms with van der Waals surface area (Å²) in [7, 11) is 0.